The van der Waals surface area contributed by atoms with Crippen molar-refractivity contribution in [2.24, 2.45) is 12.8 Å². The van der Waals surface area contributed by atoms with E-state index in [0.717, 1.165) is 5.56 Å². The van der Waals surface area contributed by atoms with Gasteiger partial charge in [0.05, 0.1) is 11.8 Å². The van der Waals surface area contributed by atoms with E-state index in [0.29, 0.717) is 5.82 Å². The third-order valence-corrected chi connectivity index (χ3v) is 1.87. The number of primary amides is 1. The molecule has 0 radical (unpaired) electrons. The third kappa shape index (κ3) is 1.83. The average Bonchev–Trinajstić information content (AvgIpc) is 2.65. The molecule has 2 rings (SSSR count). The first-order chi connectivity index (χ1) is 7.16. The number of carbonyl (C=O) groups excluding carboxylic acids is 1. The summed E-state index contributed by atoms with van der Waals surface area (Å²) in [5, 5.41) is 3.99. The van der Waals surface area contributed by atoms with Crippen molar-refractivity contribution in [3.8, 4) is 11.4 Å². The minimum atomic E-state index is -0.567. The Morgan fingerprint density at radius 3 is 2.93 bits per heavy atom. The number of rotatable bonds is 2. The van der Waals surface area contributed by atoms with Gasteiger partial charge in [0.2, 0.25) is 0 Å². The zero-order chi connectivity index (χ0) is 10.8. The van der Waals surface area contributed by atoms with Crippen molar-refractivity contribution in [3.63, 3.8) is 0 Å². The van der Waals surface area contributed by atoms with Crippen LogP contribution in [0, 0.1) is 0 Å². The zero-order valence-electron chi connectivity index (χ0n) is 8.08. The molecular weight excluding hydrogens is 194 g/mol. The summed E-state index contributed by atoms with van der Waals surface area (Å²) in [5.74, 6) is -0.123. The molecule has 0 aliphatic carbocycles. The maximum Gasteiger partial charge on any atom is 0.267 e. The molecule has 76 valence electrons. The third-order valence-electron chi connectivity index (χ3n) is 1.87. The number of carbonyl (C=O) groups is 1. The van der Waals surface area contributed by atoms with Gasteiger partial charge < -0.3 is 5.73 Å². The van der Waals surface area contributed by atoms with Gasteiger partial charge in [-0.3, -0.25) is 9.48 Å². The van der Waals surface area contributed by atoms with Crippen LogP contribution in [0.1, 0.15) is 10.5 Å². The molecule has 2 heterocycles. The number of hydrogen-bond acceptors (Lipinski definition) is 4. The highest BCUT2D eigenvalue weighted by molar-refractivity contribution is 5.91. The number of nitrogens with zero attached hydrogens (tertiary/aromatic N) is 4. The molecule has 0 atom stereocenters. The van der Waals surface area contributed by atoms with Crippen LogP contribution >= 0.6 is 0 Å². The quantitative estimate of drug-likeness (QED) is 0.742. The molecular formula is C9H9N5O. The van der Waals surface area contributed by atoms with E-state index in [-0.39, 0.29) is 5.69 Å². The highest BCUT2D eigenvalue weighted by atomic mass is 16.1. The van der Waals surface area contributed by atoms with Gasteiger partial charge in [0, 0.05) is 19.4 Å². The largest absolute Gasteiger partial charge is 0.364 e. The molecule has 2 aromatic heterocycles. The number of aryl methyl sites for hydroxylation is 1. The molecule has 0 fully saturated rings. The summed E-state index contributed by atoms with van der Waals surface area (Å²) in [6, 6.07) is 1.47. The first-order valence-corrected chi connectivity index (χ1v) is 4.28. The molecule has 0 aliphatic heterocycles. The normalized spacial score (nSPS) is 10.2. The van der Waals surface area contributed by atoms with Crippen molar-refractivity contribution < 1.29 is 4.79 Å². The van der Waals surface area contributed by atoms with E-state index in [9.17, 15) is 4.79 Å². The Bertz CT molecular complexity index is 505. The van der Waals surface area contributed by atoms with E-state index in [1.54, 1.807) is 24.1 Å². The van der Waals surface area contributed by atoms with E-state index in [1.807, 2.05) is 0 Å². The number of hydrogen-bond donors (Lipinski definition) is 1. The predicted octanol–water partition coefficient (Wildman–Crippen LogP) is -0.0240. The Morgan fingerprint density at radius 1 is 1.53 bits per heavy atom. The van der Waals surface area contributed by atoms with Crippen molar-refractivity contribution in [1.29, 1.82) is 0 Å². The van der Waals surface area contributed by atoms with Crippen LogP contribution in [0.5, 0.6) is 0 Å². The predicted molar refractivity (Wildman–Crippen MR) is 52.8 cm³/mol. The molecule has 6 heteroatoms. The van der Waals surface area contributed by atoms with Crippen LogP contribution in [0.3, 0.4) is 0 Å². The lowest BCUT2D eigenvalue weighted by molar-refractivity contribution is 0.0995. The van der Waals surface area contributed by atoms with E-state index in [4.69, 9.17) is 5.73 Å². The summed E-state index contributed by atoms with van der Waals surface area (Å²) in [4.78, 5) is 19.0. The second kappa shape index (κ2) is 3.49. The summed E-state index contributed by atoms with van der Waals surface area (Å²) in [6.07, 6.45) is 4.88. The summed E-state index contributed by atoms with van der Waals surface area (Å²) in [5.41, 5.74) is 6.06. The molecule has 0 aliphatic rings. The van der Waals surface area contributed by atoms with Gasteiger partial charge in [-0.1, -0.05) is 0 Å². The molecule has 6 nitrogen and oxygen atoms in total. The van der Waals surface area contributed by atoms with Gasteiger partial charge in [0.1, 0.15) is 5.69 Å². The molecule has 15 heavy (non-hydrogen) atoms. The van der Waals surface area contributed by atoms with Crippen LogP contribution < -0.4 is 5.73 Å². The lowest BCUT2D eigenvalue weighted by Crippen LogP contribution is -2.13. The van der Waals surface area contributed by atoms with Crippen LogP contribution in [-0.4, -0.2) is 25.7 Å². The number of nitrogens with two attached hydrogens (primary N) is 1. The molecule has 0 bridgehead atoms. The van der Waals surface area contributed by atoms with Crippen molar-refractivity contribution in [2.75, 3.05) is 0 Å². The van der Waals surface area contributed by atoms with Crippen LogP contribution in [0.4, 0.5) is 0 Å². The van der Waals surface area contributed by atoms with Crippen molar-refractivity contribution in [3.05, 3.63) is 30.4 Å². The van der Waals surface area contributed by atoms with E-state index >= 15 is 0 Å². The molecule has 0 saturated carbocycles. The first-order valence-electron chi connectivity index (χ1n) is 4.28. The molecule has 2 aromatic rings. The summed E-state index contributed by atoms with van der Waals surface area (Å²) >= 11 is 0. The average molecular weight is 203 g/mol. The van der Waals surface area contributed by atoms with E-state index in [1.165, 1.54) is 12.3 Å². The van der Waals surface area contributed by atoms with Crippen LogP contribution in [0.2, 0.25) is 0 Å². The molecule has 2 N–H and O–H groups in total. The van der Waals surface area contributed by atoms with Gasteiger partial charge >= 0.3 is 0 Å². The van der Waals surface area contributed by atoms with Gasteiger partial charge in [-0.25, -0.2) is 9.97 Å². The Hall–Kier alpha value is -2.24. The molecule has 0 spiro atoms. The minimum Gasteiger partial charge on any atom is -0.364 e. The number of aromatic nitrogens is 4. The first kappa shape index (κ1) is 9.32. The monoisotopic (exact) mass is 203 g/mol. The lowest BCUT2D eigenvalue weighted by Gasteiger charge is -1.97. The van der Waals surface area contributed by atoms with Crippen molar-refractivity contribution in [2.45, 2.75) is 0 Å². The smallest absolute Gasteiger partial charge is 0.267 e. The second-order valence-electron chi connectivity index (χ2n) is 3.03. The van der Waals surface area contributed by atoms with Gasteiger partial charge in [-0.15, -0.1) is 0 Å². The summed E-state index contributed by atoms with van der Waals surface area (Å²) < 4.78 is 1.63. The van der Waals surface area contributed by atoms with Crippen molar-refractivity contribution >= 4 is 5.91 Å². The Kier molecular flexibility index (Phi) is 2.17. The molecule has 0 unspecified atom stereocenters. The highest BCUT2D eigenvalue weighted by Crippen LogP contribution is 2.12. The SMILES string of the molecule is Cn1cc(-c2nccc(C(N)=O)n2)cn1. The van der Waals surface area contributed by atoms with Gasteiger partial charge in [-0.05, 0) is 6.07 Å². The molecule has 1 amide bonds. The van der Waals surface area contributed by atoms with Crippen LogP contribution in [0.15, 0.2) is 24.7 Å². The zero-order valence-corrected chi connectivity index (χ0v) is 8.08. The van der Waals surface area contributed by atoms with Crippen molar-refractivity contribution in [1.82, 2.24) is 19.7 Å². The Balaban J connectivity index is 2.45. The second-order valence-corrected chi connectivity index (χ2v) is 3.03. The highest BCUT2D eigenvalue weighted by Gasteiger charge is 2.07. The van der Waals surface area contributed by atoms with E-state index < -0.39 is 5.91 Å². The van der Waals surface area contributed by atoms with Gasteiger partial charge in [0.15, 0.2) is 5.82 Å². The maximum atomic E-state index is 10.9. The Morgan fingerprint density at radius 2 is 2.33 bits per heavy atom. The maximum absolute atomic E-state index is 10.9. The number of amides is 1. The van der Waals surface area contributed by atoms with Gasteiger partial charge in [-0.2, -0.15) is 5.10 Å². The molecule has 0 saturated heterocycles. The van der Waals surface area contributed by atoms with Gasteiger partial charge in [0.25, 0.3) is 5.91 Å². The molecule has 0 aromatic carbocycles. The summed E-state index contributed by atoms with van der Waals surface area (Å²) in [7, 11) is 1.79. The fourth-order valence-electron chi connectivity index (χ4n) is 1.17. The fourth-order valence-corrected chi connectivity index (χ4v) is 1.17. The summed E-state index contributed by atoms with van der Waals surface area (Å²) in [6.45, 7) is 0. The topological polar surface area (TPSA) is 86.7 Å². The fraction of sp³-hybridized carbons (Fsp3) is 0.111. The van der Waals surface area contributed by atoms with Crippen LogP contribution in [0.25, 0.3) is 11.4 Å². The standard InChI is InChI=1S/C9H9N5O/c1-14-5-6(4-12-14)9-11-3-2-7(13-9)8(10)15/h2-5H,1H3,(H2,10,15). The Labute approximate surface area is 85.8 Å². The lowest BCUT2D eigenvalue weighted by atomic mass is 10.3. The van der Waals surface area contributed by atoms with E-state index in [2.05, 4.69) is 15.1 Å². The minimum absolute atomic E-state index is 0.198. The van der Waals surface area contributed by atoms with Crippen LogP contribution in [-0.2, 0) is 7.05 Å².